The molecule has 0 bridgehead atoms. The van der Waals surface area contributed by atoms with Crippen molar-refractivity contribution in [1.82, 2.24) is 20.1 Å². The SMILES string of the molecule is COc1ccc(-n2cnnc2SC(C)C(=O)NCCC2=CCCCC2)cc1. The Morgan fingerprint density at radius 2 is 2.15 bits per heavy atom. The smallest absolute Gasteiger partial charge is 0.233 e. The van der Waals surface area contributed by atoms with Gasteiger partial charge in [0, 0.05) is 12.2 Å². The molecule has 0 saturated carbocycles. The van der Waals surface area contributed by atoms with Gasteiger partial charge in [-0.1, -0.05) is 23.4 Å². The Kier molecular flexibility index (Phi) is 6.92. The second kappa shape index (κ2) is 9.60. The van der Waals surface area contributed by atoms with Gasteiger partial charge >= 0.3 is 0 Å². The van der Waals surface area contributed by atoms with E-state index in [1.807, 2.05) is 35.8 Å². The van der Waals surface area contributed by atoms with Crippen LogP contribution in [0.5, 0.6) is 5.75 Å². The average molecular weight is 387 g/mol. The first-order chi connectivity index (χ1) is 13.2. The highest BCUT2D eigenvalue weighted by molar-refractivity contribution is 8.00. The van der Waals surface area contributed by atoms with Crippen LogP contribution in [0.15, 0.2) is 47.4 Å². The highest BCUT2D eigenvalue weighted by atomic mass is 32.2. The highest BCUT2D eigenvalue weighted by Crippen LogP contribution is 2.25. The van der Waals surface area contributed by atoms with Crippen LogP contribution in [0.2, 0.25) is 0 Å². The van der Waals surface area contributed by atoms with Crippen molar-refractivity contribution in [3.8, 4) is 11.4 Å². The van der Waals surface area contributed by atoms with E-state index in [-0.39, 0.29) is 11.2 Å². The van der Waals surface area contributed by atoms with E-state index >= 15 is 0 Å². The molecule has 2 aromatic rings. The van der Waals surface area contributed by atoms with Gasteiger partial charge < -0.3 is 10.1 Å². The number of hydrogen-bond acceptors (Lipinski definition) is 5. The third-order valence-corrected chi connectivity index (χ3v) is 5.71. The summed E-state index contributed by atoms with van der Waals surface area (Å²) >= 11 is 1.41. The van der Waals surface area contributed by atoms with Gasteiger partial charge in [0.2, 0.25) is 5.91 Å². The van der Waals surface area contributed by atoms with E-state index in [0.717, 1.165) is 17.9 Å². The van der Waals surface area contributed by atoms with Crippen molar-refractivity contribution in [2.24, 2.45) is 0 Å². The van der Waals surface area contributed by atoms with E-state index in [4.69, 9.17) is 4.74 Å². The summed E-state index contributed by atoms with van der Waals surface area (Å²) in [7, 11) is 1.64. The summed E-state index contributed by atoms with van der Waals surface area (Å²) in [6.07, 6.45) is 9.84. The Balaban J connectivity index is 1.54. The largest absolute Gasteiger partial charge is 0.497 e. The molecule has 0 fully saturated rings. The van der Waals surface area contributed by atoms with Gasteiger partial charge in [0.1, 0.15) is 12.1 Å². The lowest BCUT2D eigenvalue weighted by atomic mass is 9.97. The fraction of sp³-hybridized carbons (Fsp3) is 0.450. The molecule has 6 nitrogen and oxygen atoms in total. The van der Waals surface area contributed by atoms with Crippen LogP contribution in [-0.2, 0) is 4.79 Å². The molecule has 1 aliphatic carbocycles. The molecule has 144 valence electrons. The molecule has 1 aromatic carbocycles. The molecule has 1 amide bonds. The maximum absolute atomic E-state index is 12.4. The van der Waals surface area contributed by atoms with Gasteiger partial charge in [-0.15, -0.1) is 10.2 Å². The number of ether oxygens (including phenoxy) is 1. The van der Waals surface area contributed by atoms with Crippen LogP contribution >= 0.6 is 11.8 Å². The molecule has 1 atom stereocenters. The molecular weight excluding hydrogens is 360 g/mol. The summed E-state index contributed by atoms with van der Waals surface area (Å²) in [5.74, 6) is 0.822. The summed E-state index contributed by atoms with van der Waals surface area (Å²) in [5, 5.41) is 11.7. The number of thioether (sulfide) groups is 1. The molecule has 1 aromatic heterocycles. The number of amides is 1. The monoisotopic (exact) mass is 386 g/mol. The lowest BCUT2D eigenvalue weighted by Crippen LogP contribution is -2.32. The highest BCUT2D eigenvalue weighted by Gasteiger charge is 2.18. The molecule has 1 N–H and O–H groups in total. The van der Waals surface area contributed by atoms with Crippen LogP contribution in [0.4, 0.5) is 0 Å². The molecule has 0 saturated heterocycles. The lowest BCUT2D eigenvalue weighted by Gasteiger charge is -2.15. The predicted octanol–water partition coefficient (Wildman–Crippen LogP) is 3.76. The third-order valence-electron chi connectivity index (χ3n) is 4.65. The number of allylic oxidation sites excluding steroid dienone is 1. The summed E-state index contributed by atoms with van der Waals surface area (Å²) < 4.78 is 7.07. The van der Waals surface area contributed by atoms with Gasteiger partial charge in [-0.05, 0) is 63.3 Å². The first-order valence-electron chi connectivity index (χ1n) is 9.34. The average Bonchev–Trinajstić information content (AvgIpc) is 3.16. The lowest BCUT2D eigenvalue weighted by molar-refractivity contribution is -0.120. The Morgan fingerprint density at radius 3 is 2.85 bits per heavy atom. The molecule has 0 spiro atoms. The van der Waals surface area contributed by atoms with Crippen molar-refractivity contribution >= 4 is 17.7 Å². The van der Waals surface area contributed by atoms with E-state index in [1.54, 1.807) is 13.4 Å². The zero-order valence-corrected chi connectivity index (χ0v) is 16.7. The zero-order valence-electron chi connectivity index (χ0n) is 15.9. The molecule has 1 unspecified atom stereocenters. The van der Waals surface area contributed by atoms with Gasteiger partial charge in [-0.25, -0.2) is 0 Å². The zero-order chi connectivity index (χ0) is 19.1. The van der Waals surface area contributed by atoms with Gasteiger partial charge in [0.25, 0.3) is 0 Å². The fourth-order valence-corrected chi connectivity index (χ4v) is 3.93. The Morgan fingerprint density at radius 1 is 1.33 bits per heavy atom. The summed E-state index contributed by atoms with van der Waals surface area (Å²) in [6, 6.07) is 7.66. The molecule has 7 heteroatoms. The number of methoxy groups -OCH3 is 1. The van der Waals surface area contributed by atoms with Gasteiger partial charge in [0.15, 0.2) is 5.16 Å². The minimum absolute atomic E-state index is 0.0284. The molecule has 27 heavy (non-hydrogen) atoms. The van der Waals surface area contributed by atoms with Gasteiger partial charge in [-0.2, -0.15) is 0 Å². The number of nitrogens with one attached hydrogen (secondary N) is 1. The number of hydrogen-bond donors (Lipinski definition) is 1. The summed E-state index contributed by atoms with van der Waals surface area (Å²) in [4.78, 5) is 12.4. The fourth-order valence-electron chi connectivity index (χ4n) is 3.06. The molecule has 1 heterocycles. The van der Waals surface area contributed by atoms with Crippen molar-refractivity contribution in [3.05, 3.63) is 42.2 Å². The normalized spacial score (nSPS) is 15.1. The van der Waals surface area contributed by atoms with E-state index in [1.165, 1.54) is 43.0 Å². The second-order valence-corrected chi connectivity index (χ2v) is 7.90. The summed E-state index contributed by atoms with van der Waals surface area (Å²) in [5.41, 5.74) is 2.40. The van der Waals surface area contributed by atoms with Gasteiger partial charge in [0.05, 0.1) is 12.4 Å². The summed E-state index contributed by atoms with van der Waals surface area (Å²) in [6.45, 7) is 2.59. The van der Waals surface area contributed by atoms with Crippen molar-refractivity contribution in [3.63, 3.8) is 0 Å². The quantitative estimate of drug-likeness (QED) is 0.553. The Labute approximate surface area is 164 Å². The van der Waals surface area contributed by atoms with E-state index in [0.29, 0.717) is 11.7 Å². The minimum Gasteiger partial charge on any atom is -0.497 e. The maximum Gasteiger partial charge on any atom is 0.233 e. The number of benzene rings is 1. The second-order valence-electron chi connectivity index (χ2n) is 6.59. The number of carbonyl (C=O) groups is 1. The van der Waals surface area contributed by atoms with Crippen molar-refractivity contribution < 1.29 is 9.53 Å². The van der Waals surface area contributed by atoms with Crippen molar-refractivity contribution in [2.45, 2.75) is 49.4 Å². The first kappa shape index (κ1) is 19.5. The topological polar surface area (TPSA) is 69.0 Å². The Hall–Kier alpha value is -2.28. The molecule has 3 rings (SSSR count). The number of rotatable bonds is 8. The van der Waals surface area contributed by atoms with E-state index in [9.17, 15) is 4.79 Å². The van der Waals surface area contributed by atoms with Crippen LogP contribution < -0.4 is 10.1 Å². The maximum atomic E-state index is 12.4. The molecule has 0 radical (unpaired) electrons. The Bertz CT molecular complexity index is 786. The molecule has 1 aliphatic rings. The number of aromatic nitrogens is 3. The number of nitrogens with zero attached hydrogens (tertiary/aromatic N) is 3. The molecule has 0 aliphatic heterocycles. The standard InChI is InChI=1S/C20H26N4O2S/c1-15(19(25)21-13-12-16-6-4-3-5-7-16)27-20-23-22-14-24(20)17-8-10-18(26-2)11-9-17/h6,8-11,14-15H,3-5,7,12-13H2,1-2H3,(H,21,25). The van der Waals surface area contributed by atoms with E-state index < -0.39 is 0 Å². The van der Waals surface area contributed by atoms with Crippen molar-refractivity contribution in [2.75, 3.05) is 13.7 Å². The molecular formula is C20H26N4O2S. The minimum atomic E-state index is -0.244. The predicted molar refractivity (Wildman–Crippen MR) is 107 cm³/mol. The third kappa shape index (κ3) is 5.35. The van der Waals surface area contributed by atoms with E-state index in [2.05, 4.69) is 21.6 Å². The van der Waals surface area contributed by atoms with Crippen LogP contribution in [0.1, 0.15) is 39.0 Å². The van der Waals surface area contributed by atoms with Gasteiger partial charge in [-0.3, -0.25) is 9.36 Å². The number of carbonyl (C=O) groups excluding carboxylic acids is 1. The van der Waals surface area contributed by atoms with Crippen LogP contribution in [0, 0.1) is 0 Å². The van der Waals surface area contributed by atoms with Crippen LogP contribution in [0.3, 0.4) is 0 Å². The van der Waals surface area contributed by atoms with Crippen LogP contribution in [-0.4, -0.2) is 39.6 Å². The first-order valence-corrected chi connectivity index (χ1v) is 10.2. The van der Waals surface area contributed by atoms with Crippen molar-refractivity contribution in [1.29, 1.82) is 0 Å². The van der Waals surface area contributed by atoms with Crippen LogP contribution in [0.25, 0.3) is 5.69 Å².